The van der Waals surface area contributed by atoms with Crippen LogP contribution in [0.2, 0.25) is 0 Å². The summed E-state index contributed by atoms with van der Waals surface area (Å²) in [5.41, 5.74) is 1.23. The van der Waals surface area contributed by atoms with E-state index >= 15 is 0 Å². The van der Waals surface area contributed by atoms with Crippen LogP contribution in [0.4, 0.5) is 0 Å². The third-order valence-electron chi connectivity index (χ3n) is 4.13. The minimum Gasteiger partial charge on any atom is -0.492 e. The summed E-state index contributed by atoms with van der Waals surface area (Å²) >= 11 is 0. The van der Waals surface area contributed by atoms with Crippen LogP contribution in [-0.4, -0.2) is 43.4 Å². The first-order valence-electron chi connectivity index (χ1n) is 8.58. The molecule has 1 aromatic rings. The molecular formula is C18H29N3O2. The molecule has 2 atom stereocenters. The van der Waals surface area contributed by atoms with Crippen molar-refractivity contribution in [1.29, 1.82) is 0 Å². The van der Waals surface area contributed by atoms with Gasteiger partial charge in [0, 0.05) is 19.0 Å². The van der Waals surface area contributed by atoms with Crippen LogP contribution < -0.4 is 15.4 Å². The normalized spacial score (nSPS) is 21.3. The van der Waals surface area contributed by atoms with Crippen LogP contribution in [0.5, 0.6) is 5.75 Å². The molecule has 2 unspecified atom stereocenters. The number of aryl methyl sites for hydroxylation is 1. The molecule has 23 heavy (non-hydrogen) atoms. The van der Waals surface area contributed by atoms with Gasteiger partial charge < -0.3 is 20.5 Å². The Labute approximate surface area is 139 Å². The van der Waals surface area contributed by atoms with Crippen molar-refractivity contribution < 1.29 is 9.84 Å². The van der Waals surface area contributed by atoms with E-state index in [-0.39, 0.29) is 6.10 Å². The highest BCUT2D eigenvalue weighted by Gasteiger charge is 2.24. The second kappa shape index (κ2) is 9.40. The van der Waals surface area contributed by atoms with E-state index in [2.05, 4.69) is 22.5 Å². The number of aliphatic imine (C=N–C) groups is 1. The quantitative estimate of drug-likeness (QED) is 0.409. The highest BCUT2D eigenvalue weighted by Crippen LogP contribution is 2.25. The van der Waals surface area contributed by atoms with Crippen molar-refractivity contribution in [2.45, 2.75) is 39.2 Å². The van der Waals surface area contributed by atoms with Gasteiger partial charge in [0.1, 0.15) is 12.4 Å². The monoisotopic (exact) mass is 319 g/mol. The fourth-order valence-electron chi connectivity index (χ4n) is 2.75. The molecule has 1 aliphatic carbocycles. The molecule has 0 amide bonds. The number of aliphatic hydroxyl groups is 1. The van der Waals surface area contributed by atoms with Crippen molar-refractivity contribution in [3.8, 4) is 5.75 Å². The van der Waals surface area contributed by atoms with E-state index in [1.165, 1.54) is 5.56 Å². The summed E-state index contributed by atoms with van der Waals surface area (Å²) in [5.74, 6) is 1.97. The van der Waals surface area contributed by atoms with Gasteiger partial charge in [-0.15, -0.1) is 0 Å². The number of rotatable bonds is 7. The van der Waals surface area contributed by atoms with Gasteiger partial charge >= 0.3 is 0 Å². The molecule has 5 heteroatoms. The van der Waals surface area contributed by atoms with Gasteiger partial charge in [0.05, 0.1) is 12.6 Å². The first-order chi connectivity index (χ1) is 11.2. The average molecular weight is 319 g/mol. The number of nitrogens with zero attached hydrogens (tertiary/aromatic N) is 1. The van der Waals surface area contributed by atoms with Crippen LogP contribution in [-0.2, 0) is 0 Å². The molecule has 3 N–H and O–H groups in total. The minimum atomic E-state index is -0.188. The van der Waals surface area contributed by atoms with Crippen LogP contribution in [0.3, 0.4) is 0 Å². The van der Waals surface area contributed by atoms with Gasteiger partial charge in [-0.3, -0.25) is 4.99 Å². The summed E-state index contributed by atoms with van der Waals surface area (Å²) in [6, 6.07) is 8.05. The van der Waals surface area contributed by atoms with E-state index < -0.39 is 0 Å². The summed E-state index contributed by atoms with van der Waals surface area (Å²) in [6.45, 7) is 6.87. The molecule has 0 aromatic heterocycles. The Balaban J connectivity index is 1.72. The fourth-order valence-corrected chi connectivity index (χ4v) is 2.75. The van der Waals surface area contributed by atoms with E-state index in [0.29, 0.717) is 25.6 Å². The fraction of sp³-hybridized carbons (Fsp3) is 0.611. The lowest BCUT2D eigenvalue weighted by atomic mass is 10.1. The first-order valence-corrected chi connectivity index (χ1v) is 8.58. The van der Waals surface area contributed by atoms with E-state index in [1.54, 1.807) is 0 Å². The maximum absolute atomic E-state index is 9.86. The highest BCUT2D eigenvalue weighted by atomic mass is 16.5. The Kier molecular flexibility index (Phi) is 7.20. The number of hydrogen-bond donors (Lipinski definition) is 3. The number of benzene rings is 1. The Morgan fingerprint density at radius 2 is 2.04 bits per heavy atom. The molecule has 1 saturated carbocycles. The van der Waals surface area contributed by atoms with Gasteiger partial charge in [0.2, 0.25) is 0 Å². The molecule has 128 valence electrons. The lowest BCUT2D eigenvalue weighted by Gasteiger charge is -2.15. The summed E-state index contributed by atoms with van der Waals surface area (Å²) in [7, 11) is 0. The lowest BCUT2D eigenvalue weighted by molar-refractivity contribution is 0.136. The third kappa shape index (κ3) is 6.10. The molecular weight excluding hydrogens is 290 g/mol. The molecule has 0 bridgehead atoms. The topological polar surface area (TPSA) is 65.9 Å². The standard InChI is InChI=1S/C18H29N3O2/c1-3-19-18(21-13-15-5-4-6-17(15)22)20-11-12-23-16-9-7-14(2)8-10-16/h7-10,15,17,22H,3-6,11-13H2,1-2H3,(H2,19,20,21). The molecule has 2 rings (SSSR count). The van der Waals surface area contributed by atoms with Gasteiger partial charge in [-0.1, -0.05) is 24.1 Å². The van der Waals surface area contributed by atoms with E-state index in [4.69, 9.17) is 4.74 Å². The second-order valence-corrected chi connectivity index (χ2v) is 6.07. The number of ether oxygens (including phenoxy) is 1. The minimum absolute atomic E-state index is 0.188. The maximum atomic E-state index is 9.86. The van der Waals surface area contributed by atoms with E-state index in [0.717, 1.165) is 37.5 Å². The predicted molar refractivity (Wildman–Crippen MR) is 94.0 cm³/mol. The number of aliphatic hydroxyl groups excluding tert-OH is 1. The SMILES string of the molecule is CCNC(=NCC1CCCC1O)NCCOc1ccc(C)cc1. The zero-order valence-corrected chi connectivity index (χ0v) is 14.2. The van der Waals surface area contributed by atoms with Crippen molar-refractivity contribution in [2.75, 3.05) is 26.2 Å². The number of nitrogens with one attached hydrogen (secondary N) is 2. The van der Waals surface area contributed by atoms with Crippen molar-refractivity contribution in [1.82, 2.24) is 10.6 Å². The van der Waals surface area contributed by atoms with Crippen LogP contribution in [0.15, 0.2) is 29.3 Å². The lowest BCUT2D eigenvalue weighted by Crippen LogP contribution is -2.39. The Morgan fingerprint density at radius 1 is 1.26 bits per heavy atom. The smallest absolute Gasteiger partial charge is 0.191 e. The van der Waals surface area contributed by atoms with Gasteiger partial charge in [0.15, 0.2) is 5.96 Å². The summed E-state index contributed by atoms with van der Waals surface area (Å²) < 4.78 is 5.70. The highest BCUT2D eigenvalue weighted by molar-refractivity contribution is 5.79. The Hall–Kier alpha value is -1.75. The molecule has 0 aliphatic heterocycles. The summed E-state index contributed by atoms with van der Waals surface area (Å²) in [4.78, 5) is 4.58. The molecule has 1 aromatic carbocycles. The molecule has 0 saturated heterocycles. The molecule has 5 nitrogen and oxygen atoms in total. The largest absolute Gasteiger partial charge is 0.492 e. The summed E-state index contributed by atoms with van der Waals surface area (Å²) in [5, 5.41) is 16.4. The molecule has 0 heterocycles. The second-order valence-electron chi connectivity index (χ2n) is 6.07. The number of hydrogen-bond acceptors (Lipinski definition) is 3. The average Bonchev–Trinajstić information content (AvgIpc) is 2.96. The molecule has 1 fully saturated rings. The first kappa shape index (κ1) is 17.6. The molecule has 1 aliphatic rings. The van der Waals surface area contributed by atoms with Crippen molar-refractivity contribution in [3.63, 3.8) is 0 Å². The molecule has 0 spiro atoms. The van der Waals surface area contributed by atoms with E-state index in [9.17, 15) is 5.11 Å². The van der Waals surface area contributed by atoms with Crippen molar-refractivity contribution in [3.05, 3.63) is 29.8 Å². The maximum Gasteiger partial charge on any atom is 0.191 e. The van der Waals surface area contributed by atoms with Crippen LogP contribution >= 0.6 is 0 Å². The van der Waals surface area contributed by atoms with Gasteiger partial charge in [-0.2, -0.15) is 0 Å². The van der Waals surface area contributed by atoms with Gasteiger partial charge in [0.25, 0.3) is 0 Å². The van der Waals surface area contributed by atoms with Gasteiger partial charge in [-0.05, 0) is 38.8 Å². The van der Waals surface area contributed by atoms with E-state index in [1.807, 2.05) is 31.2 Å². The van der Waals surface area contributed by atoms with Crippen LogP contribution in [0.1, 0.15) is 31.7 Å². The zero-order valence-electron chi connectivity index (χ0n) is 14.2. The van der Waals surface area contributed by atoms with Crippen LogP contribution in [0, 0.1) is 12.8 Å². The van der Waals surface area contributed by atoms with Crippen LogP contribution in [0.25, 0.3) is 0 Å². The Morgan fingerprint density at radius 3 is 2.70 bits per heavy atom. The van der Waals surface area contributed by atoms with Gasteiger partial charge in [-0.25, -0.2) is 0 Å². The van der Waals surface area contributed by atoms with Crippen molar-refractivity contribution >= 4 is 5.96 Å². The van der Waals surface area contributed by atoms with Crippen molar-refractivity contribution in [2.24, 2.45) is 10.9 Å². The third-order valence-corrected chi connectivity index (χ3v) is 4.13. The molecule has 0 radical (unpaired) electrons. The number of guanidine groups is 1. The predicted octanol–water partition coefficient (Wildman–Crippen LogP) is 2.09. The summed E-state index contributed by atoms with van der Waals surface area (Å²) in [6.07, 6.45) is 2.90. The zero-order chi connectivity index (χ0) is 16.5. The Bertz CT molecular complexity index is 488.